The van der Waals surface area contributed by atoms with Crippen LogP contribution in [0.5, 0.6) is 0 Å². The molecule has 0 radical (unpaired) electrons. The molecule has 0 bridgehead atoms. The van der Waals surface area contributed by atoms with Crippen LogP contribution < -0.4 is 5.32 Å². The molecule has 7 rings (SSSR count). The van der Waals surface area contributed by atoms with Crippen LogP contribution in [0.25, 0.3) is 11.8 Å². The number of aryl methyl sites for hydroxylation is 1. The minimum absolute atomic E-state index is 0.00250. The van der Waals surface area contributed by atoms with E-state index >= 15 is 0 Å². The summed E-state index contributed by atoms with van der Waals surface area (Å²) in [4.78, 5) is 25.8. The molecule has 7 atom stereocenters. The summed E-state index contributed by atoms with van der Waals surface area (Å²) in [6.07, 6.45) is 7.47. The largest absolute Gasteiger partial charge is 0.393 e. The average molecular weight is 596 g/mol. The van der Waals surface area contributed by atoms with Crippen LogP contribution in [-0.4, -0.2) is 55.1 Å². The van der Waals surface area contributed by atoms with Gasteiger partial charge in [-0.3, -0.25) is 9.59 Å². The maximum Gasteiger partial charge on any atom is 0.255 e. The highest BCUT2D eigenvalue weighted by molar-refractivity contribution is 6.04. The number of aliphatic hydroxyl groups is 3. The van der Waals surface area contributed by atoms with Crippen LogP contribution in [0.2, 0.25) is 0 Å². The van der Waals surface area contributed by atoms with Gasteiger partial charge in [-0.25, -0.2) is 4.68 Å². The molecule has 0 spiro atoms. The molecular formula is C36H41N3O5. The molecule has 4 N–H and O–H groups in total. The van der Waals surface area contributed by atoms with Crippen LogP contribution in [0.4, 0.5) is 5.69 Å². The number of nitrogens with one attached hydrogen (secondary N) is 1. The van der Waals surface area contributed by atoms with E-state index in [1.54, 1.807) is 6.07 Å². The molecule has 1 aromatic heterocycles. The molecule has 0 unspecified atom stereocenters. The highest BCUT2D eigenvalue weighted by Crippen LogP contribution is 2.67. The highest BCUT2D eigenvalue weighted by Gasteiger charge is 2.68. The monoisotopic (exact) mass is 595 g/mol. The molecule has 230 valence electrons. The third-order valence-electron chi connectivity index (χ3n) is 11.8. The van der Waals surface area contributed by atoms with Gasteiger partial charge in [0, 0.05) is 22.9 Å². The van der Waals surface area contributed by atoms with Gasteiger partial charge < -0.3 is 20.6 Å². The molecule has 1 heterocycles. The third kappa shape index (κ3) is 4.25. The van der Waals surface area contributed by atoms with Crippen molar-refractivity contribution in [3.05, 3.63) is 82.7 Å². The van der Waals surface area contributed by atoms with E-state index in [0.717, 1.165) is 53.9 Å². The number of aliphatic hydroxyl groups excluding tert-OH is 2. The number of fused-ring (bicyclic) bond motifs is 6. The smallest absolute Gasteiger partial charge is 0.255 e. The van der Waals surface area contributed by atoms with Crippen molar-refractivity contribution in [3.8, 4) is 5.69 Å². The first kappa shape index (κ1) is 29.1. The van der Waals surface area contributed by atoms with E-state index < -0.39 is 29.5 Å². The lowest BCUT2D eigenvalue weighted by molar-refractivity contribution is -0.181. The zero-order chi connectivity index (χ0) is 31.0. The van der Waals surface area contributed by atoms with Crippen molar-refractivity contribution in [2.24, 2.45) is 28.6 Å². The maximum atomic E-state index is 13.1. The van der Waals surface area contributed by atoms with Gasteiger partial charge in [-0.05, 0) is 116 Å². The average Bonchev–Trinajstić information content (AvgIpc) is 3.52. The number of carbonyl (C=O) groups is 2. The minimum Gasteiger partial charge on any atom is -0.393 e. The van der Waals surface area contributed by atoms with Crippen LogP contribution in [0.15, 0.2) is 60.3 Å². The second kappa shape index (κ2) is 10.2. The Hall–Kier alpha value is -3.59. The van der Waals surface area contributed by atoms with Gasteiger partial charge in [-0.1, -0.05) is 37.6 Å². The summed E-state index contributed by atoms with van der Waals surface area (Å²) in [5.41, 5.74) is 3.86. The molecule has 0 aliphatic heterocycles. The Morgan fingerprint density at radius 1 is 1.11 bits per heavy atom. The Balaban J connectivity index is 1.16. The molecular weight excluding hydrogens is 554 g/mol. The molecule has 2 aromatic carbocycles. The first-order chi connectivity index (χ1) is 21.0. The third-order valence-corrected chi connectivity index (χ3v) is 11.8. The lowest BCUT2D eigenvalue weighted by Crippen LogP contribution is -2.62. The number of benzene rings is 2. The van der Waals surface area contributed by atoms with Crippen molar-refractivity contribution in [3.63, 3.8) is 0 Å². The topological polar surface area (TPSA) is 125 Å². The second-order valence-corrected chi connectivity index (χ2v) is 14.1. The maximum absolute atomic E-state index is 13.1. The van der Waals surface area contributed by atoms with Gasteiger partial charge in [0.15, 0.2) is 5.78 Å². The quantitative estimate of drug-likeness (QED) is 0.333. The number of amides is 1. The summed E-state index contributed by atoms with van der Waals surface area (Å²) in [5, 5.41) is 40.8. The van der Waals surface area contributed by atoms with Crippen LogP contribution in [0, 0.1) is 35.5 Å². The summed E-state index contributed by atoms with van der Waals surface area (Å²) in [5.74, 6) is -0.433. The lowest BCUT2D eigenvalue weighted by Gasteiger charge is -2.60. The summed E-state index contributed by atoms with van der Waals surface area (Å²) in [7, 11) is 0. The molecule has 4 aliphatic rings. The molecule has 1 amide bonds. The van der Waals surface area contributed by atoms with Crippen molar-refractivity contribution in [2.75, 3.05) is 11.9 Å². The number of nitrogens with zero attached hydrogens (tertiary/aromatic N) is 2. The fourth-order valence-electron chi connectivity index (χ4n) is 9.63. The standard InChI is InChI=1S/C36H41N3O5/c1-21-6-4-8-25(14-21)37-33(43)22-7-5-9-26(15-22)39-19-23-17-34(2)24(16-29(23)38-39)10-11-27-28-12-13-36(44,31(42)20-40)35(28,3)18-30(41)32(27)34/h4-9,14-16,19,27-28,30,32,40-41,44H,10-13,17-18,20H2,1-3H3,(H,37,43)/t27-,28-,30-,32+,34-,35-,36-/m0/s1. The van der Waals surface area contributed by atoms with Gasteiger partial charge in [-0.2, -0.15) is 5.10 Å². The fourth-order valence-corrected chi connectivity index (χ4v) is 9.63. The van der Waals surface area contributed by atoms with Crippen molar-refractivity contribution in [1.29, 1.82) is 0 Å². The van der Waals surface area contributed by atoms with Crippen molar-refractivity contribution in [2.45, 2.75) is 71.0 Å². The first-order valence-electron chi connectivity index (χ1n) is 15.8. The van der Waals surface area contributed by atoms with E-state index in [0.29, 0.717) is 18.4 Å². The number of anilines is 1. The van der Waals surface area contributed by atoms with E-state index in [4.69, 9.17) is 5.10 Å². The second-order valence-electron chi connectivity index (χ2n) is 14.1. The number of hydrogen-bond donors (Lipinski definition) is 4. The van der Waals surface area contributed by atoms with E-state index in [2.05, 4.69) is 18.3 Å². The Morgan fingerprint density at radius 3 is 2.68 bits per heavy atom. The Morgan fingerprint density at radius 2 is 1.91 bits per heavy atom. The number of carbonyl (C=O) groups excluding carboxylic acids is 2. The molecule has 3 saturated carbocycles. The number of hydrogen-bond acceptors (Lipinski definition) is 6. The highest BCUT2D eigenvalue weighted by atomic mass is 16.3. The number of allylic oxidation sites excluding steroid dienone is 1. The fraction of sp³-hybridized carbons (Fsp3) is 0.472. The van der Waals surface area contributed by atoms with E-state index in [-0.39, 0.29) is 29.1 Å². The van der Waals surface area contributed by atoms with Gasteiger partial charge in [0.2, 0.25) is 0 Å². The number of ketones is 1. The van der Waals surface area contributed by atoms with Gasteiger partial charge in [0.25, 0.3) is 5.91 Å². The summed E-state index contributed by atoms with van der Waals surface area (Å²) in [6, 6.07) is 15.2. The number of aromatic nitrogens is 2. The van der Waals surface area contributed by atoms with Gasteiger partial charge in [0.1, 0.15) is 12.2 Å². The van der Waals surface area contributed by atoms with Crippen molar-refractivity contribution < 1.29 is 24.9 Å². The van der Waals surface area contributed by atoms with E-state index in [9.17, 15) is 24.9 Å². The Labute approximate surface area is 257 Å². The lowest BCUT2D eigenvalue weighted by atomic mass is 9.45. The van der Waals surface area contributed by atoms with Crippen LogP contribution >= 0.6 is 0 Å². The SMILES string of the molecule is Cc1cccc(NC(=O)c2cccc(-n3cc4c(n3)C=C3CC[C@@H]5[C@H]([C@@H](O)C[C@@]6(C)[C@H]5CC[C@]6(O)C(=O)CO)[C@@]3(C)C4)c2)c1. The number of rotatable bonds is 5. The van der Waals surface area contributed by atoms with Gasteiger partial charge in [-0.15, -0.1) is 0 Å². The summed E-state index contributed by atoms with van der Waals surface area (Å²) in [6.45, 7) is 5.52. The van der Waals surface area contributed by atoms with Crippen LogP contribution in [0.1, 0.15) is 73.1 Å². The van der Waals surface area contributed by atoms with Crippen molar-refractivity contribution >= 4 is 23.5 Å². The molecule has 0 saturated heterocycles. The normalized spacial score (nSPS) is 33.8. The Kier molecular flexibility index (Phi) is 6.77. The zero-order valence-corrected chi connectivity index (χ0v) is 25.6. The molecule has 8 heteroatoms. The van der Waals surface area contributed by atoms with Gasteiger partial charge >= 0.3 is 0 Å². The van der Waals surface area contributed by atoms with Crippen LogP contribution in [0.3, 0.4) is 0 Å². The summed E-state index contributed by atoms with van der Waals surface area (Å²) >= 11 is 0. The molecule has 44 heavy (non-hydrogen) atoms. The van der Waals surface area contributed by atoms with Gasteiger partial charge in [0.05, 0.1) is 17.5 Å². The molecule has 3 fully saturated rings. The molecule has 4 aliphatic carbocycles. The number of Topliss-reactive ketones (excluding diaryl/α,β-unsaturated/α-hetero) is 1. The van der Waals surface area contributed by atoms with E-state index in [1.807, 2.05) is 67.2 Å². The van der Waals surface area contributed by atoms with Crippen LogP contribution in [-0.2, 0) is 11.2 Å². The zero-order valence-electron chi connectivity index (χ0n) is 25.6. The Bertz CT molecular complexity index is 1690. The molecule has 3 aromatic rings. The minimum atomic E-state index is -1.60. The molecule has 8 nitrogen and oxygen atoms in total. The van der Waals surface area contributed by atoms with E-state index in [1.165, 1.54) is 5.57 Å². The van der Waals surface area contributed by atoms with Crippen molar-refractivity contribution in [1.82, 2.24) is 9.78 Å². The first-order valence-corrected chi connectivity index (χ1v) is 15.8. The summed E-state index contributed by atoms with van der Waals surface area (Å²) < 4.78 is 1.84. The predicted molar refractivity (Wildman–Crippen MR) is 167 cm³/mol. The predicted octanol–water partition coefficient (Wildman–Crippen LogP) is 4.88.